The molecular formula is C12H12N5O2S-. The smallest absolute Gasteiger partial charge is 0.109 e. The van der Waals surface area contributed by atoms with Crippen LogP contribution in [0.5, 0.6) is 0 Å². The first kappa shape index (κ1) is 14.0. The molecule has 8 heteroatoms. The molecule has 1 unspecified atom stereocenters. The van der Waals surface area contributed by atoms with E-state index in [9.17, 15) is 8.76 Å². The van der Waals surface area contributed by atoms with Crippen LogP contribution < -0.4 is 16.2 Å². The summed E-state index contributed by atoms with van der Waals surface area (Å²) in [6.07, 6.45) is 0. The standard InChI is InChI=1S/C12H13N5O2S/c13-8-1-6-12(11(14)7-8)16-15-9-2-4-10(5-3-9)17-20(18)19/h1-7,17H,13-14H2,(H,18,19)/p-1. The average Bonchev–Trinajstić information content (AvgIpc) is 2.39. The lowest BCUT2D eigenvalue weighted by atomic mass is 10.2. The van der Waals surface area contributed by atoms with Gasteiger partial charge in [-0.3, -0.25) is 4.21 Å². The Labute approximate surface area is 118 Å². The van der Waals surface area contributed by atoms with Gasteiger partial charge in [0.25, 0.3) is 0 Å². The molecule has 0 amide bonds. The quantitative estimate of drug-likeness (QED) is 0.453. The predicted molar refractivity (Wildman–Crippen MR) is 78.4 cm³/mol. The van der Waals surface area contributed by atoms with Crippen molar-refractivity contribution in [1.29, 1.82) is 0 Å². The average molecular weight is 290 g/mol. The van der Waals surface area contributed by atoms with Gasteiger partial charge in [-0.25, -0.2) is 0 Å². The number of benzene rings is 2. The summed E-state index contributed by atoms with van der Waals surface area (Å²) in [6, 6.07) is 11.4. The first-order valence-corrected chi connectivity index (χ1v) is 6.65. The fourth-order valence-electron chi connectivity index (χ4n) is 1.47. The van der Waals surface area contributed by atoms with Crippen LogP contribution in [-0.2, 0) is 11.3 Å². The molecule has 0 aliphatic heterocycles. The van der Waals surface area contributed by atoms with Crippen molar-refractivity contribution in [2.75, 3.05) is 16.2 Å². The van der Waals surface area contributed by atoms with Crippen LogP contribution in [-0.4, -0.2) is 8.76 Å². The summed E-state index contributed by atoms with van der Waals surface area (Å²) in [4.78, 5) is 0. The molecule has 2 aromatic carbocycles. The third-order valence-corrected chi connectivity index (χ3v) is 2.80. The molecule has 0 fully saturated rings. The molecule has 7 nitrogen and oxygen atoms in total. The van der Waals surface area contributed by atoms with Gasteiger partial charge >= 0.3 is 0 Å². The third-order valence-electron chi connectivity index (χ3n) is 2.39. The molecule has 104 valence electrons. The first-order chi connectivity index (χ1) is 9.54. The van der Waals surface area contributed by atoms with Crippen molar-refractivity contribution in [3.05, 3.63) is 42.5 Å². The molecule has 0 saturated carbocycles. The van der Waals surface area contributed by atoms with Gasteiger partial charge in [-0.05, 0) is 42.5 Å². The van der Waals surface area contributed by atoms with Crippen LogP contribution in [0.3, 0.4) is 0 Å². The Morgan fingerprint density at radius 2 is 1.75 bits per heavy atom. The Hall–Kier alpha value is -2.45. The van der Waals surface area contributed by atoms with Crippen molar-refractivity contribution in [2.45, 2.75) is 0 Å². The first-order valence-electron chi connectivity index (χ1n) is 5.57. The van der Waals surface area contributed by atoms with E-state index >= 15 is 0 Å². The van der Waals surface area contributed by atoms with E-state index in [0.717, 1.165) is 0 Å². The van der Waals surface area contributed by atoms with Crippen LogP contribution in [0.4, 0.5) is 28.4 Å². The van der Waals surface area contributed by atoms with Gasteiger partial charge in [-0.1, -0.05) is 0 Å². The van der Waals surface area contributed by atoms with Gasteiger partial charge in [0, 0.05) is 22.6 Å². The summed E-state index contributed by atoms with van der Waals surface area (Å²) in [6.45, 7) is 0. The second-order valence-corrected chi connectivity index (χ2v) is 4.58. The van der Waals surface area contributed by atoms with Crippen LogP contribution in [0.15, 0.2) is 52.7 Å². The number of nitrogens with zero attached hydrogens (tertiary/aromatic N) is 2. The Morgan fingerprint density at radius 3 is 2.35 bits per heavy atom. The molecule has 0 radical (unpaired) electrons. The van der Waals surface area contributed by atoms with Crippen molar-refractivity contribution in [2.24, 2.45) is 10.2 Å². The lowest BCUT2D eigenvalue weighted by molar-refractivity contribution is 0.542. The number of azo groups is 1. The van der Waals surface area contributed by atoms with Crippen LogP contribution in [0.25, 0.3) is 0 Å². The van der Waals surface area contributed by atoms with E-state index in [2.05, 4.69) is 15.0 Å². The fourth-order valence-corrected chi connectivity index (χ4v) is 1.80. The second-order valence-electron chi connectivity index (χ2n) is 3.90. The van der Waals surface area contributed by atoms with Crippen LogP contribution in [0, 0.1) is 0 Å². The minimum atomic E-state index is -2.34. The van der Waals surface area contributed by atoms with E-state index in [1.165, 1.54) is 0 Å². The molecule has 5 N–H and O–H groups in total. The molecule has 2 rings (SSSR count). The zero-order valence-corrected chi connectivity index (χ0v) is 11.1. The Bertz CT molecular complexity index is 657. The second kappa shape index (κ2) is 6.13. The number of nitrogens with two attached hydrogens (primary N) is 2. The van der Waals surface area contributed by atoms with E-state index in [-0.39, 0.29) is 0 Å². The maximum atomic E-state index is 10.5. The topological polar surface area (TPSA) is 129 Å². The highest BCUT2D eigenvalue weighted by molar-refractivity contribution is 7.80. The maximum Gasteiger partial charge on any atom is 0.109 e. The predicted octanol–water partition coefficient (Wildman–Crippen LogP) is 2.47. The summed E-state index contributed by atoms with van der Waals surface area (Å²) in [5.41, 5.74) is 13.9. The van der Waals surface area contributed by atoms with Gasteiger partial charge in [-0.2, -0.15) is 5.11 Å². The van der Waals surface area contributed by atoms with Crippen LogP contribution >= 0.6 is 0 Å². The normalized spacial score (nSPS) is 12.4. The van der Waals surface area contributed by atoms with E-state index in [1.54, 1.807) is 42.5 Å². The number of hydrogen-bond donors (Lipinski definition) is 3. The van der Waals surface area contributed by atoms with Gasteiger partial charge in [-0.15, -0.1) is 5.11 Å². The molecule has 0 aliphatic carbocycles. The zero-order valence-electron chi connectivity index (χ0n) is 10.3. The van der Waals surface area contributed by atoms with Crippen molar-refractivity contribution in [1.82, 2.24) is 0 Å². The fraction of sp³-hybridized carbons (Fsp3) is 0. The van der Waals surface area contributed by atoms with Crippen molar-refractivity contribution >= 4 is 39.7 Å². The molecule has 0 aliphatic rings. The lowest BCUT2D eigenvalue weighted by Gasteiger charge is -2.07. The summed E-state index contributed by atoms with van der Waals surface area (Å²) in [5.74, 6) is 0. The van der Waals surface area contributed by atoms with Gasteiger partial charge < -0.3 is 20.7 Å². The molecule has 2 aromatic rings. The summed E-state index contributed by atoms with van der Waals surface area (Å²) in [7, 11) is 0. The number of hydrogen-bond acceptors (Lipinski definition) is 6. The van der Waals surface area contributed by atoms with E-state index in [1.807, 2.05) is 0 Å². The highest BCUT2D eigenvalue weighted by Gasteiger charge is 1.98. The molecule has 1 atom stereocenters. The van der Waals surface area contributed by atoms with Gasteiger partial charge in [0.1, 0.15) is 5.69 Å². The minimum absolute atomic E-state index is 0.439. The monoisotopic (exact) mass is 290 g/mol. The molecule has 0 saturated heterocycles. The molecule has 0 spiro atoms. The molecule has 0 bridgehead atoms. The third kappa shape index (κ3) is 3.77. The van der Waals surface area contributed by atoms with Crippen molar-refractivity contribution in [3.63, 3.8) is 0 Å². The van der Waals surface area contributed by atoms with E-state index in [4.69, 9.17) is 11.5 Å². The van der Waals surface area contributed by atoms with Crippen molar-refractivity contribution in [3.8, 4) is 0 Å². The highest BCUT2D eigenvalue weighted by atomic mass is 32.2. The largest absolute Gasteiger partial charge is 0.755 e. The molecule has 0 aromatic heterocycles. The van der Waals surface area contributed by atoms with Crippen LogP contribution in [0.1, 0.15) is 0 Å². The maximum absolute atomic E-state index is 10.5. The number of rotatable bonds is 4. The SMILES string of the molecule is Nc1ccc(N=Nc2ccc(NS(=O)[O-])cc2)c(N)c1. The molecular weight excluding hydrogens is 278 g/mol. The lowest BCUT2D eigenvalue weighted by Crippen LogP contribution is -2.01. The minimum Gasteiger partial charge on any atom is -0.755 e. The Morgan fingerprint density at radius 1 is 1.05 bits per heavy atom. The van der Waals surface area contributed by atoms with Gasteiger partial charge in [0.15, 0.2) is 0 Å². The molecule has 20 heavy (non-hydrogen) atoms. The van der Waals surface area contributed by atoms with Gasteiger partial charge in [0.2, 0.25) is 0 Å². The van der Waals surface area contributed by atoms with E-state index in [0.29, 0.717) is 28.4 Å². The van der Waals surface area contributed by atoms with Gasteiger partial charge in [0.05, 0.1) is 11.4 Å². The Balaban J connectivity index is 2.13. The molecule has 0 heterocycles. The van der Waals surface area contributed by atoms with Crippen LogP contribution in [0.2, 0.25) is 0 Å². The highest BCUT2D eigenvalue weighted by Crippen LogP contribution is 2.26. The summed E-state index contributed by atoms with van der Waals surface area (Å²) < 4.78 is 23.1. The zero-order chi connectivity index (χ0) is 14.5. The van der Waals surface area contributed by atoms with E-state index < -0.39 is 11.3 Å². The van der Waals surface area contributed by atoms with Crippen molar-refractivity contribution < 1.29 is 8.76 Å². The summed E-state index contributed by atoms with van der Waals surface area (Å²) in [5, 5.41) is 8.02. The number of nitrogens with one attached hydrogen (secondary N) is 1. The number of anilines is 3. The Kier molecular flexibility index (Phi) is 4.28. The summed E-state index contributed by atoms with van der Waals surface area (Å²) >= 11 is -2.34. The number of nitrogen functional groups attached to an aromatic ring is 2.